The lowest BCUT2D eigenvalue weighted by Crippen LogP contribution is -1.92. The molecule has 0 aliphatic carbocycles. The number of unbranched alkanes of at least 4 members (excludes halogenated alkanes) is 2. The Labute approximate surface area is 97.1 Å². The van der Waals surface area contributed by atoms with E-state index in [2.05, 4.69) is 12.1 Å². The van der Waals surface area contributed by atoms with E-state index in [0.29, 0.717) is 6.61 Å². The van der Waals surface area contributed by atoms with Crippen LogP contribution in [0.15, 0.2) is 29.4 Å². The number of oxime groups is 1. The molecular weight excluding hydrogens is 202 g/mol. The minimum atomic E-state index is 0.680. The molecule has 0 fully saturated rings. The van der Waals surface area contributed by atoms with Crippen molar-refractivity contribution in [2.24, 2.45) is 5.16 Å². The SMILES string of the molecule is CCCCCON=Cc1ccccc1OC. The first-order valence-corrected chi connectivity index (χ1v) is 5.66. The van der Waals surface area contributed by atoms with Crippen LogP contribution in [-0.2, 0) is 4.84 Å². The summed E-state index contributed by atoms with van der Waals surface area (Å²) in [5.41, 5.74) is 0.931. The van der Waals surface area contributed by atoms with Gasteiger partial charge in [0, 0.05) is 5.56 Å². The summed E-state index contributed by atoms with van der Waals surface area (Å²) in [5.74, 6) is 0.809. The zero-order valence-corrected chi connectivity index (χ0v) is 9.98. The van der Waals surface area contributed by atoms with Crippen LogP contribution in [-0.4, -0.2) is 19.9 Å². The van der Waals surface area contributed by atoms with E-state index in [1.54, 1.807) is 13.3 Å². The smallest absolute Gasteiger partial charge is 0.127 e. The zero-order valence-electron chi connectivity index (χ0n) is 9.98. The average Bonchev–Trinajstić information content (AvgIpc) is 2.34. The predicted octanol–water partition coefficient (Wildman–Crippen LogP) is 3.24. The van der Waals surface area contributed by atoms with E-state index in [4.69, 9.17) is 9.57 Å². The van der Waals surface area contributed by atoms with Crippen molar-refractivity contribution < 1.29 is 9.57 Å². The van der Waals surface area contributed by atoms with Crippen LogP contribution in [0.4, 0.5) is 0 Å². The minimum absolute atomic E-state index is 0.680. The Hall–Kier alpha value is -1.51. The third kappa shape index (κ3) is 4.34. The Kier molecular flexibility index (Phi) is 6.07. The largest absolute Gasteiger partial charge is 0.496 e. The summed E-state index contributed by atoms with van der Waals surface area (Å²) in [7, 11) is 1.65. The van der Waals surface area contributed by atoms with Gasteiger partial charge >= 0.3 is 0 Å². The fourth-order valence-electron chi connectivity index (χ4n) is 1.34. The van der Waals surface area contributed by atoms with Gasteiger partial charge in [0.05, 0.1) is 13.3 Å². The average molecular weight is 221 g/mol. The van der Waals surface area contributed by atoms with Crippen molar-refractivity contribution >= 4 is 6.21 Å². The summed E-state index contributed by atoms with van der Waals surface area (Å²) in [6.45, 7) is 2.84. The van der Waals surface area contributed by atoms with E-state index in [1.807, 2.05) is 24.3 Å². The fraction of sp³-hybridized carbons (Fsp3) is 0.462. The lowest BCUT2D eigenvalue weighted by Gasteiger charge is -2.02. The first-order chi connectivity index (χ1) is 7.88. The van der Waals surface area contributed by atoms with E-state index < -0.39 is 0 Å². The number of para-hydroxylation sites is 1. The van der Waals surface area contributed by atoms with Crippen LogP contribution in [0.3, 0.4) is 0 Å². The van der Waals surface area contributed by atoms with Gasteiger partial charge in [-0.15, -0.1) is 0 Å². The van der Waals surface area contributed by atoms with Crippen molar-refractivity contribution in [2.75, 3.05) is 13.7 Å². The summed E-state index contributed by atoms with van der Waals surface area (Å²) >= 11 is 0. The number of rotatable bonds is 7. The Morgan fingerprint density at radius 3 is 2.81 bits per heavy atom. The first kappa shape index (κ1) is 12.6. The number of nitrogens with zero attached hydrogens (tertiary/aromatic N) is 1. The van der Waals surface area contributed by atoms with Crippen molar-refractivity contribution in [1.82, 2.24) is 0 Å². The molecule has 0 radical (unpaired) electrons. The van der Waals surface area contributed by atoms with Crippen molar-refractivity contribution in [3.8, 4) is 5.75 Å². The lowest BCUT2D eigenvalue weighted by atomic mass is 10.2. The van der Waals surface area contributed by atoms with Crippen LogP contribution in [0, 0.1) is 0 Å². The maximum atomic E-state index is 5.19. The summed E-state index contributed by atoms with van der Waals surface area (Å²) in [4.78, 5) is 5.15. The molecule has 1 aromatic carbocycles. The van der Waals surface area contributed by atoms with E-state index in [1.165, 1.54) is 12.8 Å². The topological polar surface area (TPSA) is 30.8 Å². The van der Waals surface area contributed by atoms with Gasteiger partial charge < -0.3 is 9.57 Å². The molecule has 88 valence electrons. The zero-order chi connectivity index (χ0) is 11.6. The summed E-state index contributed by atoms with van der Waals surface area (Å²) in [6, 6.07) is 7.72. The van der Waals surface area contributed by atoms with Crippen molar-refractivity contribution in [2.45, 2.75) is 26.2 Å². The molecule has 0 aliphatic rings. The molecule has 0 bridgehead atoms. The molecule has 1 aromatic rings. The molecule has 1 rings (SSSR count). The predicted molar refractivity (Wildman–Crippen MR) is 66.1 cm³/mol. The fourth-order valence-corrected chi connectivity index (χ4v) is 1.34. The quantitative estimate of drug-likeness (QED) is 0.402. The van der Waals surface area contributed by atoms with E-state index in [-0.39, 0.29) is 0 Å². The second-order valence-electron chi connectivity index (χ2n) is 3.52. The molecule has 0 amide bonds. The second kappa shape index (κ2) is 7.74. The van der Waals surface area contributed by atoms with Gasteiger partial charge in [-0.1, -0.05) is 37.1 Å². The van der Waals surface area contributed by atoms with Crippen LogP contribution >= 0.6 is 0 Å². The number of benzene rings is 1. The third-order valence-electron chi connectivity index (χ3n) is 2.24. The monoisotopic (exact) mass is 221 g/mol. The van der Waals surface area contributed by atoms with Gasteiger partial charge in [-0.3, -0.25) is 0 Å². The van der Waals surface area contributed by atoms with Gasteiger partial charge in [-0.2, -0.15) is 0 Å². The normalized spacial score (nSPS) is 10.6. The summed E-state index contributed by atoms with van der Waals surface area (Å²) in [6.07, 6.45) is 5.12. The Morgan fingerprint density at radius 2 is 2.06 bits per heavy atom. The van der Waals surface area contributed by atoms with Gasteiger partial charge in [0.1, 0.15) is 12.4 Å². The number of hydrogen-bond acceptors (Lipinski definition) is 3. The molecule has 0 N–H and O–H groups in total. The lowest BCUT2D eigenvalue weighted by molar-refractivity contribution is 0.141. The highest BCUT2D eigenvalue weighted by atomic mass is 16.6. The van der Waals surface area contributed by atoms with Crippen molar-refractivity contribution in [1.29, 1.82) is 0 Å². The van der Waals surface area contributed by atoms with Crippen molar-refractivity contribution in [3.05, 3.63) is 29.8 Å². The number of methoxy groups -OCH3 is 1. The molecule has 0 spiro atoms. The standard InChI is InChI=1S/C13H19NO2/c1-3-4-7-10-16-14-11-12-8-5-6-9-13(12)15-2/h5-6,8-9,11H,3-4,7,10H2,1-2H3. The molecular formula is C13H19NO2. The van der Waals surface area contributed by atoms with E-state index >= 15 is 0 Å². The number of hydrogen-bond donors (Lipinski definition) is 0. The highest BCUT2D eigenvalue weighted by molar-refractivity contribution is 5.82. The second-order valence-corrected chi connectivity index (χ2v) is 3.52. The van der Waals surface area contributed by atoms with Gasteiger partial charge in [0.15, 0.2) is 0 Å². The van der Waals surface area contributed by atoms with Crippen LogP contribution in [0.2, 0.25) is 0 Å². The highest BCUT2D eigenvalue weighted by Gasteiger charge is 1.97. The van der Waals surface area contributed by atoms with Crippen LogP contribution in [0.5, 0.6) is 5.75 Å². The van der Waals surface area contributed by atoms with Crippen LogP contribution < -0.4 is 4.74 Å². The Morgan fingerprint density at radius 1 is 1.25 bits per heavy atom. The summed E-state index contributed by atoms with van der Waals surface area (Å²) < 4.78 is 5.19. The minimum Gasteiger partial charge on any atom is -0.496 e. The van der Waals surface area contributed by atoms with Gasteiger partial charge in [-0.05, 0) is 18.6 Å². The molecule has 0 unspecified atom stereocenters. The number of ether oxygens (including phenoxy) is 1. The van der Waals surface area contributed by atoms with Crippen LogP contribution in [0.25, 0.3) is 0 Å². The molecule has 16 heavy (non-hydrogen) atoms. The van der Waals surface area contributed by atoms with Crippen LogP contribution in [0.1, 0.15) is 31.7 Å². The molecule has 3 nitrogen and oxygen atoms in total. The third-order valence-corrected chi connectivity index (χ3v) is 2.24. The highest BCUT2D eigenvalue weighted by Crippen LogP contribution is 2.14. The maximum Gasteiger partial charge on any atom is 0.127 e. The molecule has 0 saturated carbocycles. The Balaban J connectivity index is 2.37. The van der Waals surface area contributed by atoms with E-state index in [9.17, 15) is 0 Å². The molecule has 0 atom stereocenters. The van der Waals surface area contributed by atoms with Crippen molar-refractivity contribution in [3.63, 3.8) is 0 Å². The van der Waals surface area contributed by atoms with Gasteiger partial charge in [0.2, 0.25) is 0 Å². The molecule has 0 aromatic heterocycles. The van der Waals surface area contributed by atoms with E-state index in [0.717, 1.165) is 17.7 Å². The van der Waals surface area contributed by atoms with Gasteiger partial charge in [0.25, 0.3) is 0 Å². The molecule has 0 aliphatic heterocycles. The molecule has 0 heterocycles. The van der Waals surface area contributed by atoms with Gasteiger partial charge in [-0.25, -0.2) is 0 Å². The molecule has 3 heteroatoms. The molecule has 0 saturated heterocycles. The first-order valence-electron chi connectivity index (χ1n) is 5.66. The Bertz CT molecular complexity index is 323. The summed E-state index contributed by atoms with van der Waals surface area (Å²) in [5, 5.41) is 3.92. The maximum absolute atomic E-state index is 5.19.